The molecule has 0 aliphatic heterocycles. The fraction of sp³-hybridized carbons (Fsp3) is 0.667. The van der Waals surface area contributed by atoms with Gasteiger partial charge in [0.25, 0.3) is 0 Å². The average molecular weight is 225 g/mol. The van der Waals surface area contributed by atoms with E-state index in [4.69, 9.17) is 5.73 Å². The largest absolute Gasteiger partial charge is 0.368 e. The monoisotopic (exact) mass is 225 g/mol. The molecule has 1 aromatic heterocycles. The van der Waals surface area contributed by atoms with E-state index in [0.29, 0.717) is 17.1 Å². The molecule has 3 N–H and O–H groups in total. The molecule has 15 heavy (non-hydrogen) atoms. The number of rotatable bonds is 3. The second-order valence-electron chi connectivity index (χ2n) is 3.63. The van der Waals surface area contributed by atoms with E-state index in [-0.39, 0.29) is 5.95 Å². The lowest BCUT2D eigenvalue weighted by atomic mass is 10.3. The molecule has 0 atom stereocenters. The van der Waals surface area contributed by atoms with Crippen molar-refractivity contribution in [2.24, 2.45) is 0 Å². The van der Waals surface area contributed by atoms with Gasteiger partial charge in [0.05, 0.1) is 0 Å². The lowest BCUT2D eigenvalue weighted by molar-refractivity contribution is 0.736. The summed E-state index contributed by atoms with van der Waals surface area (Å²) in [4.78, 5) is 12.3. The number of aromatic nitrogens is 3. The molecule has 2 rings (SSSR count). The van der Waals surface area contributed by atoms with Crippen molar-refractivity contribution >= 4 is 23.7 Å². The van der Waals surface area contributed by atoms with Crippen LogP contribution in [0.1, 0.15) is 25.7 Å². The quantitative estimate of drug-likeness (QED) is 0.760. The first-order valence-electron chi connectivity index (χ1n) is 5.10. The third-order valence-electron chi connectivity index (χ3n) is 2.50. The Hall–Kier alpha value is -1.04. The molecule has 0 aromatic carbocycles. The number of hydrogen-bond donors (Lipinski definition) is 2. The van der Waals surface area contributed by atoms with Crippen LogP contribution in [-0.4, -0.2) is 27.2 Å². The smallest absolute Gasteiger partial charge is 0.228 e. The molecule has 5 nitrogen and oxygen atoms in total. The standard InChI is InChI=1S/C9H15N5S/c1-15-9-13-7(10)12-8(14-9)11-6-4-2-3-5-6/h6H,2-5H2,1H3,(H3,10,11,12,13,14). The van der Waals surface area contributed by atoms with Gasteiger partial charge in [0, 0.05) is 6.04 Å². The lowest BCUT2D eigenvalue weighted by Crippen LogP contribution is -2.17. The topological polar surface area (TPSA) is 76.7 Å². The maximum absolute atomic E-state index is 5.59. The maximum Gasteiger partial charge on any atom is 0.228 e. The molecule has 6 heteroatoms. The Labute approximate surface area is 93.3 Å². The Morgan fingerprint density at radius 1 is 1.27 bits per heavy atom. The first kappa shape index (κ1) is 10.5. The van der Waals surface area contributed by atoms with Gasteiger partial charge in [-0.25, -0.2) is 0 Å². The molecule has 82 valence electrons. The molecule has 1 aliphatic carbocycles. The van der Waals surface area contributed by atoms with Crippen molar-refractivity contribution in [1.82, 2.24) is 15.0 Å². The zero-order chi connectivity index (χ0) is 10.7. The number of nitrogens with two attached hydrogens (primary N) is 1. The van der Waals surface area contributed by atoms with Gasteiger partial charge in [0.15, 0.2) is 5.16 Å². The Bertz CT molecular complexity index is 337. The minimum Gasteiger partial charge on any atom is -0.368 e. The fourth-order valence-corrected chi connectivity index (χ4v) is 2.14. The van der Waals surface area contributed by atoms with Gasteiger partial charge in [-0.3, -0.25) is 0 Å². The van der Waals surface area contributed by atoms with Gasteiger partial charge in [0.1, 0.15) is 0 Å². The zero-order valence-corrected chi connectivity index (χ0v) is 9.55. The molecule has 1 heterocycles. The van der Waals surface area contributed by atoms with E-state index >= 15 is 0 Å². The van der Waals surface area contributed by atoms with Gasteiger partial charge >= 0.3 is 0 Å². The van der Waals surface area contributed by atoms with Crippen LogP contribution < -0.4 is 11.1 Å². The summed E-state index contributed by atoms with van der Waals surface area (Å²) in [6.45, 7) is 0. The van der Waals surface area contributed by atoms with Crippen LogP contribution in [0.4, 0.5) is 11.9 Å². The summed E-state index contributed by atoms with van der Waals surface area (Å²) in [5.74, 6) is 0.897. The van der Waals surface area contributed by atoms with Gasteiger partial charge in [-0.05, 0) is 19.1 Å². The van der Waals surface area contributed by atoms with Crippen LogP contribution in [0.3, 0.4) is 0 Å². The zero-order valence-electron chi connectivity index (χ0n) is 8.73. The highest BCUT2D eigenvalue weighted by Crippen LogP contribution is 2.21. The fourth-order valence-electron chi connectivity index (χ4n) is 1.78. The number of thioether (sulfide) groups is 1. The minimum atomic E-state index is 0.287. The summed E-state index contributed by atoms with van der Waals surface area (Å²) in [5, 5.41) is 3.97. The molecule has 1 aliphatic rings. The first-order chi connectivity index (χ1) is 7.28. The van der Waals surface area contributed by atoms with Crippen LogP contribution in [0, 0.1) is 0 Å². The normalized spacial score (nSPS) is 16.9. The van der Waals surface area contributed by atoms with E-state index in [1.54, 1.807) is 0 Å². The molecule has 0 amide bonds. The number of nitrogen functional groups attached to an aromatic ring is 1. The summed E-state index contributed by atoms with van der Waals surface area (Å²) in [6.07, 6.45) is 6.88. The van der Waals surface area contributed by atoms with Crippen LogP contribution in [0.5, 0.6) is 0 Å². The molecule has 0 spiro atoms. The van der Waals surface area contributed by atoms with Gasteiger partial charge in [0.2, 0.25) is 11.9 Å². The van der Waals surface area contributed by atoms with E-state index in [1.165, 1.54) is 37.4 Å². The van der Waals surface area contributed by atoms with Gasteiger partial charge < -0.3 is 11.1 Å². The molecule has 0 unspecified atom stereocenters. The SMILES string of the molecule is CSc1nc(N)nc(NC2CCCC2)n1. The molecule has 1 fully saturated rings. The van der Waals surface area contributed by atoms with Crippen LogP contribution in [0.15, 0.2) is 5.16 Å². The van der Waals surface area contributed by atoms with E-state index in [0.717, 1.165) is 0 Å². The van der Waals surface area contributed by atoms with Crippen LogP contribution in [0.2, 0.25) is 0 Å². The van der Waals surface area contributed by atoms with E-state index in [1.807, 2.05) is 6.26 Å². The van der Waals surface area contributed by atoms with E-state index in [2.05, 4.69) is 20.3 Å². The molecule has 1 saturated carbocycles. The second-order valence-corrected chi connectivity index (χ2v) is 4.40. The van der Waals surface area contributed by atoms with Crippen molar-refractivity contribution in [3.63, 3.8) is 0 Å². The number of hydrogen-bond acceptors (Lipinski definition) is 6. The Balaban J connectivity index is 2.09. The molecule has 1 aromatic rings. The number of anilines is 2. The summed E-state index contributed by atoms with van der Waals surface area (Å²) in [5.41, 5.74) is 5.59. The third kappa shape index (κ3) is 2.71. The first-order valence-corrected chi connectivity index (χ1v) is 6.32. The lowest BCUT2D eigenvalue weighted by Gasteiger charge is -2.11. The van der Waals surface area contributed by atoms with E-state index in [9.17, 15) is 0 Å². The van der Waals surface area contributed by atoms with Crippen molar-refractivity contribution in [2.75, 3.05) is 17.3 Å². The highest BCUT2D eigenvalue weighted by atomic mass is 32.2. The molecule has 0 bridgehead atoms. The van der Waals surface area contributed by atoms with Crippen LogP contribution in [-0.2, 0) is 0 Å². The van der Waals surface area contributed by atoms with Crippen molar-refractivity contribution in [2.45, 2.75) is 36.9 Å². The second kappa shape index (κ2) is 4.65. The summed E-state index contributed by atoms with van der Waals surface area (Å²) in [6, 6.07) is 0.501. The average Bonchev–Trinajstić information content (AvgIpc) is 2.69. The van der Waals surface area contributed by atoms with Crippen molar-refractivity contribution < 1.29 is 0 Å². The van der Waals surface area contributed by atoms with Crippen LogP contribution in [0.25, 0.3) is 0 Å². The third-order valence-corrected chi connectivity index (χ3v) is 3.05. The number of nitrogens with zero attached hydrogens (tertiary/aromatic N) is 3. The summed E-state index contributed by atoms with van der Waals surface area (Å²) < 4.78 is 0. The highest BCUT2D eigenvalue weighted by molar-refractivity contribution is 7.98. The minimum absolute atomic E-state index is 0.287. The Kier molecular flexibility index (Phi) is 3.25. The van der Waals surface area contributed by atoms with E-state index < -0.39 is 0 Å². The predicted molar refractivity (Wildman–Crippen MR) is 61.9 cm³/mol. The van der Waals surface area contributed by atoms with Crippen molar-refractivity contribution in [3.05, 3.63) is 0 Å². The molecular weight excluding hydrogens is 210 g/mol. The van der Waals surface area contributed by atoms with Crippen molar-refractivity contribution in [3.8, 4) is 0 Å². The Morgan fingerprint density at radius 2 is 2.00 bits per heavy atom. The number of nitrogens with one attached hydrogen (secondary N) is 1. The predicted octanol–water partition coefficient (Wildman–Crippen LogP) is 1.53. The Morgan fingerprint density at radius 3 is 2.67 bits per heavy atom. The highest BCUT2D eigenvalue weighted by Gasteiger charge is 2.16. The summed E-state index contributed by atoms with van der Waals surface area (Å²) in [7, 11) is 0. The van der Waals surface area contributed by atoms with Gasteiger partial charge in [-0.2, -0.15) is 15.0 Å². The maximum atomic E-state index is 5.59. The summed E-state index contributed by atoms with van der Waals surface area (Å²) >= 11 is 1.47. The van der Waals surface area contributed by atoms with Gasteiger partial charge in [-0.1, -0.05) is 24.6 Å². The molecular formula is C9H15N5S. The van der Waals surface area contributed by atoms with Crippen LogP contribution >= 0.6 is 11.8 Å². The van der Waals surface area contributed by atoms with Crippen molar-refractivity contribution in [1.29, 1.82) is 0 Å². The van der Waals surface area contributed by atoms with Gasteiger partial charge in [-0.15, -0.1) is 0 Å². The molecule has 0 saturated heterocycles. The molecule has 0 radical (unpaired) electrons.